The molecule has 0 unspecified atom stereocenters. The molecule has 0 aromatic carbocycles. The van der Waals surface area contributed by atoms with Gasteiger partial charge in [0.2, 0.25) is 0 Å². The molecule has 0 aliphatic carbocycles. The van der Waals surface area contributed by atoms with Gasteiger partial charge in [0.05, 0.1) is 0 Å². The van der Waals surface area contributed by atoms with Crippen molar-refractivity contribution in [2.24, 2.45) is 5.92 Å². The van der Waals surface area contributed by atoms with Gasteiger partial charge in [0.25, 0.3) is 0 Å². The summed E-state index contributed by atoms with van der Waals surface area (Å²) in [5.74, 6) is 0.390. The third-order valence-corrected chi connectivity index (χ3v) is 3.76. The first-order valence-corrected chi connectivity index (χ1v) is 6.02. The average molecular weight is 230 g/mol. The number of ketones is 1. The number of carbonyl (C=O) groups excluding carboxylic acids is 1. The summed E-state index contributed by atoms with van der Waals surface area (Å²) in [5, 5.41) is 5.12. The molecule has 1 saturated heterocycles. The van der Waals surface area contributed by atoms with Crippen molar-refractivity contribution in [3.8, 4) is 0 Å². The van der Waals surface area contributed by atoms with E-state index < -0.39 is 0 Å². The molecule has 0 spiro atoms. The van der Waals surface area contributed by atoms with Crippen molar-refractivity contribution in [3.63, 3.8) is 0 Å². The summed E-state index contributed by atoms with van der Waals surface area (Å²) in [7, 11) is 0. The third-order valence-electron chi connectivity index (χ3n) is 2.59. The van der Waals surface area contributed by atoms with Crippen LogP contribution in [0.3, 0.4) is 0 Å². The van der Waals surface area contributed by atoms with E-state index >= 15 is 0 Å². The standard InChI is InChI=1S/C10H12ClNOS/c11-10-8(3-6-14-10)9(13)7-1-4-12-5-2-7/h3,6-7,12H,1-2,4-5H2. The zero-order chi connectivity index (χ0) is 9.97. The average Bonchev–Trinajstić information content (AvgIpc) is 2.65. The molecule has 2 heterocycles. The number of carbonyl (C=O) groups is 1. The Kier molecular flexibility index (Phi) is 3.21. The Labute approximate surface area is 92.3 Å². The molecule has 0 radical (unpaired) electrons. The topological polar surface area (TPSA) is 29.1 Å². The van der Waals surface area contributed by atoms with Gasteiger partial charge in [0.1, 0.15) is 4.34 Å². The smallest absolute Gasteiger partial charge is 0.168 e. The number of hydrogen-bond donors (Lipinski definition) is 1. The number of hydrogen-bond acceptors (Lipinski definition) is 3. The molecule has 0 amide bonds. The predicted octanol–water partition coefficient (Wildman–Crippen LogP) is 2.58. The Morgan fingerprint density at radius 1 is 1.50 bits per heavy atom. The highest BCUT2D eigenvalue weighted by atomic mass is 35.5. The van der Waals surface area contributed by atoms with E-state index in [1.54, 1.807) is 0 Å². The van der Waals surface area contributed by atoms with Crippen LogP contribution < -0.4 is 5.32 Å². The van der Waals surface area contributed by atoms with E-state index in [2.05, 4.69) is 5.32 Å². The molecule has 1 aliphatic heterocycles. The van der Waals surface area contributed by atoms with E-state index in [1.807, 2.05) is 11.4 Å². The van der Waals surface area contributed by atoms with E-state index in [9.17, 15) is 4.79 Å². The Hall–Kier alpha value is -0.380. The summed E-state index contributed by atoms with van der Waals surface area (Å²) in [4.78, 5) is 12.0. The monoisotopic (exact) mass is 229 g/mol. The molecule has 1 aromatic rings. The molecule has 0 atom stereocenters. The molecule has 0 saturated carbocycles. The maximum Gasteiger partial charge on any atom is 0.168 e. The maximum atomic E-state index is 12.0. The fourth-order valence-corrected chi connectivity index (χ4v) is 2.70. The van der Waals surface area contributed by atoms with Crippen LogP contribution in [0.4, 0.5) is 0 Å². The Balaban J connectivity index is 2.11. The van der Waals surface area contributed by atoms with Gasteiger partial charge in [-0.2, -0.15) is 0 Å². The van der Waals surface area contributed by atoms with Crippen molar-refractivity contribution in [2.45, 2.75) is 12.8 Å². The first-order chi connectivity index (χ1) is 6.79. The fraction of sp³-hybridized carbons (Fsp3) is 0.500. The minimum absolute atomic E-state index is 0.170. The largest absolute Gasteiger partial charge is 0.317 e. The van der Waals surface area contributed by atoms with Crippen molar-refractivity contribution in [2.75, 3.05) is 13.1 Å². The van der Waals surface area contributed by atoms with Crippen LogP contribution in [0, 0.1) is 5.92 Å². The van der Waals surface area contributed by atoms with Gasteiger partial charge >= 0.3 is 0 Å². The lowest BCUT2D eigenvalue weighted by Gasteiger charge is -2.20. The minimum atomic E-state index is 0.170. The normalized spacial score (nSPS) is 18.4. The fourth-order valence-electron chi connectivity index (χ4n) is 1.77. The number of rotatable bonds is 2. The summed E-state index contributed by atoms with van der Waals surface area (Å²) in [6.45, 7) is 1.89. The number of Topliss-reactive ketones (excluding diaryl/α,β-unsaturated/α-hetero) is 1. The van der Waals surface area contributed by atoms with E-state index in [4.69, 9.17) is 11.6 Å². The highest BCUT2D eigenvalue weighted by Crippen LogP contribution is 2.27. The van der Waals surface area contributed by atoms with Crippen LogP contribution in [0.2, 0.25) is 4.34 Å². The highest BCUT2D eigenvalue weighted by Gasteiger charge is 2.24. The van der Waals surface area contributed by atoms with Crippen LogP contribution in [0.1, 0.15) is 23.2 Å². The number of halogens is 1. The molecular formula is C10H12ClNOS. The molecule has 2 rings (SSSR count). The van der Waals surface area contributed by atoms with Gasteiger partial charge in [-0.25, -0.2) is 0 Å². The maximum absolute atomic E-state index is 12.0. The Morgan fingerprint density at radius 2 is 2.21 bits per heavy atom. The van der Waals surface area contributed by atoms with Crippen LogP contribution in [-0.2, 0) is 0 Å². The SMILES string of the molecule is O=C(c1ccsc1Cl)C1CCNCC1. The van der Waals surface area contributed by atoms with E-state index in [0.717, 1.165) is 25.9 Å². The van der Waals surface area contributed by atoms with Crippen LogP contribution >= 0.6 is 22.9 Å². The van der Waals surface area contributed by atoms with Crippen molar-refractivity contribution < 1.29 is 4.79 Å². The van der Waals surface area contributed by atoms with E-state index in [1.165, 1.54) is 11.3 Å². The van der Waals surface area contributed by atoms with Gasteiger partial charge in [-0.3, -0.25) is 4.79 Å². The molecule has 4 heteroatoms. The molecule has 2 nitrogen and oxygen atoms in total. The summed E-state index contributed by atoms with van der Waals surface area (Å²) in [5.41, 5.74) is 0.712. The van der Waals surface area contributed by atoms with Crippen LogP contribution in [0.5, 0.6) is 0 Å². The number of piperidine rings is 1. The van der Waals surface area contributed by atoms with Gasteiger partial charge < -0.3 is 5.32 Å². The van der Waals surface area contributed by atoms with E-state index in [-0.39, 0.29) is 11.7 Å². The molecule has 76 valence electrons. The summed E-state index contributed by atoms with van der Waals surface area (Å²) < 4.78 is 0.633. The van der Waals surface area contributed by atoms with Crippen molar-refractivity contribution in [1.82, 2.24) is 5.32 Å². The van der Waals surface area contributed by atoms with Gasteiger partial charge in [0.15, 0.2) is 5.78 Å². The summed E-state index contributed by atoms with van der Waals surface area (Å²) in [6.07, 6.45) is 1.87. The van der Waals surface area contributed by atoms with Crippen molar-refractivity contribution in [1.29, 1.82) is 0 Å². The van der Waals surface area contributed by atoms with Crippen LogP contribution in [0.15, 0.2) is 11.4 Å². The molecule has 1 aliphatic rings. The molecule has 1 aromatic heterocycles. The van der Waals surface area contributed by atoms with Crippen LogP contribution in [0.25, 0.3) is 0 Å². The predicted molar refractivity (Wildman–Crippen MR) is 59.3 cm³/mol. The van der Waals surface area contributed by atoms with Gasteiger partial charge in [-0.1, -0.05) is 11.6 Å². The Morgan fingerprint density at radius 3 is 2.79 bits per heavy atom. The minimum Gasteiger partial charge on any atom is -0.317 e. The molecular weight excluding hydrogens is 218 g/mol. The first kappa shape index (κ1) is 10.1. The number of nitrogens with one attached hydrogen (secondary N) is 1. The first-order valence-electron chi connectivity index (χ1n) is 4.77. The molecule has 1 N–H and O–H groups in total. The van der Waals surface area contributed by atoms with Crippen molar-refractivity contribution >= 4 is 28.7 Å². The highest BCUT2D eigenvalue weighted by molar-refractivity contribution is 7.14. The lowest BCUT2D eigenvalue weighted by atomic mass is 9.91. The second-order valence-electron chi connectivity index (χ2n) is 3.50. The summed E-state index contributed by atoms with van der Waals surface area (Å²) in [6, 6.07) is 1.83. The lowest BCUT2D eigenvalue weighted by Crippen LogP contribution is -2.31. The second kappa shape index (κ2) is 4.43. The molecule has 0 bridgehead atoms. The van der Waals surface area contributed by atoms with Gasteiger partial charge in [0, 0.05) is 11.5 Å². The zero-order valence-corrected chi connectivity index (χ0v) is 9.33. The quantitative estimate of drug-likeness (QED) is 0.790. The van der Waals surface area contributed by atoms with Crippen LogP contribution in [-0.4, -0.2) is 18.9 Å². The lowest BCUT2D eigenvalue weighted by molar-refractivity contribution is 0.0896. The van der Waals surface area contributed by atoms with Gasteiger partial charge in [-0.15, -0.1) is 11.3 Å². The Bertz CT molecular complexity index is 331. The van der Waals surface area contributed by atoms with E-state index in [0.29, 0.717) is 9.90 Å². The zero-order valence-electron chi connectivity index (χ0n) is 7.75. The number of thiophene rings is 1. The summed E-state index contributed by atoms with van der Waals surface area (Å²) >= 11 is 7.36. The van der Waals surface area contributed by atoms with Gasteiger partial charge in [-0.05, 0) is 37.4 Å². The second-order valence-corrected chi connectivity index (χ2v) is 5.01. The molecule has 14 heavy (non-hydrogen) atoms. The molecule has 1 fully saturated rings. The third kappa shape index (κ3) is 2.00. The van der Waals surface area contributed by atoms with Crippen molar-refractivity contribution in [3.05, 3.63) is 21.3 Å².